The lowest BCUT2D eigenvalue weighted by Gasteiger charge is -2.19. The van der Waals surface area contributed by atoms with Crippen LogP contribution in [-0.4, -0.2) is 48.9 Å². The SMILES string of the molecule is CC[C@@H](C)Nc1cc(-n2ncc3cc(C#N)cnc32)ncc1C(=O)NCCC(C)(C)O. The molecular weight excluding hydrogens is 394 g/mol. The van der Waals surface area contributed by atoms with Crippen LogP contribution >= 0.6 is 0 Å². The fourth-order valence-corrected chi connectivity index (χ4v) is 2.96. The molecule has 0 aliphatic rings. The summed E-state index contributed by atoms with van der Waals surface area (Å²) in [6, 6.07) is 5.69. The summed E-state index contributed by atoms with van der Waals surface area (Å²) in [6.07, 6.45) is 5.94. The van der Waals surface area contributed by atoms with Crippen molar-refractivity contribution in [1.29, 1.82) is 5.26 Å². The Labute approximate surface area is 181 Å². The van der Waals surface area contributed by atoms with Crippen LogP contribution in [0.25, 0.3) is 16.9 Å². The molecule has 3 heterocycles. The minimum Gasteiger partial charge on any atom is -0.390 e. The molecule has 3 aromatic heterocycles. The summed E-state index contributed by atoms with van der Waals surface area (Å²) in [6.45, 7) is 7.84. The van der Waals surface area contributed by atoms with Crippen molar-refractivity contribution in [2.75, 3.05) is 11.9 Å². The van der Waals surface area contributed by atoms with Gasteiger partial charge in [0.05, 0.1) is 28.6 Å². The highest BCUT2D eigenvalue weighted by Gasteiger charge is 2.18. The standard InChI is InChI=1S/C22H27N7O2/c1-5-14(2)28-18-9-19(25-13-17(18)21(30)24-7-6-22(3,4)31)29-20-16(12-27-29)8-15(10-23)11-26-20/h8-9,11-14,31H,5-7H2,1-4H3,(H,24,30)(H,25,28)/t14-/m1/s1. The molecule has 162 valence electrons. The predicted molar refractivity (Wildman–Crippen MR) is 118 cm³/mol. The monoisotopic (exact) mass is 421 g/mol. The Kier molecular flexibility index (Phi) is 6.51. The molecule has 0 aromatic carbocycles. The van der Waals surface area contributed by atoms with E-state index in [1.54, 1.807) is 36.9 Å². The third-order valence-electron chi connectivity index (χ3n) is 4.92. The largest absolute Gasteiger partial charge is 0.390 e. The van der Waals surface area contributed by atoms with Crippen molar-refractivity contribution in [3.63, 3.8) is 0 Å². The fourth-order valence-electron chi connectivity index (χ4n) is 2.96. The topological polar surface area (TPSA) is 129 Å². The molecule has 3 rings (SSSR count). The van der Waals surface area contributed by atoms with Gasteiger partial charge in [-0.1, -0.05) is 6.92 Å². The maximum Gasteiger partial charge on any atom is 0.254 e. The second-order valence-corrected chi connectivity index (χ2v) is 8.17. The second-order valence-electron chi connectivity index (χ2n) is 8.17. The van der Waals surface area contributed by atoms with Gasteiger partial charge in [0.2, 0.25) is 0 Å². The van der Waals surface area contributed by atoms with Gasteiger partial charge in [-0.3, -0.25) is 4.79 Å². The normalized spacial score (nSPS) is 12.4. The molecule has 0 aliphatic carbocycles. The maximum atomic E-state index is 12.8. The van der Waals surface area contributed by atoms with E-state index in [0.717, 1.165) is 11.8 Å². The molecule has 0 spiro atoms. The number of nitriles is 1. The molecule has 0 fully saturated rings. The fraction of sp³-hybridized carbons (Fsp3) is 0.409. The smallest absolute Gasteiger partial charge is 0.254 e. The molecule has 9 nitrogen and oxygen atoms in total. The Hall–Kier alpha value is -3.51. The Morgan fingerprint density at radius 3 is 2.74 bits per heavy atom. The van der Waals surface area contributed by atoms with Gasteiger partial charge in [-0.25, -0.2) is 9.97 Å². The number of aliphatic hydroxyl groups is 1. The highest BCUT2D eigenvalue weighted by molar-refractivity contribution is 5.99. The van der Waals surface area contributed by atoms with Crippen LogP contribution in [0.5, 0.6) is 0 Å². The number of nitrogens with zero attached hydrogens (tertiary/aromatic N) is 5. The van der Waals surface area contributed by atoms with E-state index < -0.39 is 5.60 Å². The zero-order valence-electron chi connectivity index (χ0n) is 18.2. The number of aromatic nitrogens is 4. The number of amides is 1. The summed E-state index contributed by atoms with van der Waals surface area (Å²) in [5.41, 5.74) is 1.22. The molecule has 1 atom stereocenters. The zero-order chi connectivity index (χ0) is 22.6. The molecule has 31 heavy (non-hydrogen) atoms. The molecule has 9 heteroatoms. The zero-order valence-corrected chi connectivity index (χ0v) is 18.2. The van der Waals surface area contributed by atoms with Gasteiger partial charge >= 0.3 is 0 Å². The number of hydrogen-bond acceptors (Lipinski definition) is 7. The molecule has 0 aliphatic heterocycles. The first-order valence-corrected chi connectivity index (χ1v) is 10.2. The average Bonchev–Trinajstić information content (AvgIpc) is 3.15. The number of carbonyl (C=O) groups is 1. The lowest BCUT2D eigenvalue weighted by atomic mass is 10.1. The number of pyridine rings is 2. The number of hydrogen-bond donors (Lipinski definition) is 3. The molecule has 0 saturated heterocycles. The van der Waals surface area contributed by atoms with E-state index in [1.807, 2.05) is 6.92 Å². The first kappa shape index (κ1) is 22.2. The van der Waals surface area contributed by atoms with E-state index in [4.69, 9.17) is 5.26 Å². The number of fused-ring (bicyclic) bond motifs is 1. The van der Waals surface area contributed by atoms with E-state index in [1.165, 1.54) is 12.4 Å². The summed E-state index contributed by atoms with van der Waals surface area (Å²) in [5.74, 6) is 0.238. The lowest BCUT2D eigenvalue weighted by molar-refractivity contribution is 0.0693. The van der Waals surface area contributed by atoms with Crippen LogP contribution < -0.4 is 10.6 Å². The van der Waals surface area contributed by atoms with Crippen LogP contribution in [0.4, 0.5) is 5.69 Å². The van der Waals surface area contributed by atoms with Crippen LogP contribution in [0.15, 0.2) is 30.7 Å². The van der Waals surface area contributed by atoms with E-state index in [-0.39, 0.29) is 11.9 Å². The van der Waals surface area contributed by atoms with Crippen LogP contribution in [0.3, 0.4) is 0 Å². The van der Waals surface area contributed by atoms with Gasteiger partial charge in [0.1, 0.15) is 6.07 Å². The van der Waals surface area contributed by atoms with Crippen LogP contribution in [-0.2, 0) is 0 Å². The summed E-state index contributed by atoms with van der Waals surface area (Å²) in [7, 11) is 0. The van der Waals surface area contributed by atoms with E-state index in [2.05, 4.69) is 38.7 Å². The third kappa shape index (κ3) is 5.35. The number of carbonyl (C=O) groups excluding carboxylic acids is 1. The maximum absolute atomic E-state index is 12.8. The van der Waals surface area contributed by atoms with Gasteiger partial charge in [0.15, 0.2) is 11.5 Å². The van der Waals surface area contributed by atoms with E-state index >= 15 is 0 Å². The Morgan fingerprint density at radius 2 is 2.06 bits per heavy atom. The molecule has 3 aromatic rings. The van der Waals surface area contributed by atoms with Crippen molar-refractivity contribution in [3.05, 3.63) is 41.9 Å². The molecule has 0 radical (unpaired) electrons. The second kappa shape index (κ2) is 9.10. The first-order valence-electron chi connectivity index (χ1n) is 10.2. The quantitative estimate of drug-likeness (QED) is 0.510. The summed E-state index contributed by atoms with van der Waals surface area (Å²) in [5, 5.41) is 30.2. The van der Waals surface area contributed by atoms with Gasteiger partial charge in [-0.2, -0.15) is 15.0 Å². The third-order valence-corrected chi connectivity index (χ3v) is 4.92. The first-order chi connectivity index (χ1) is 14.7. The molecule has 0 unspecified atom stereocenters. The van der Waals surface area contributed by atoms with Crippen molar-refractivity contribution < 1.29 is 9.90 Å². The van der Waals surface area contributed by atoms with Crippen molar-refractivity contribution in [3.8, 4) is 11.9 Å². The Morgan fingerprint density at radius 1 is 1.29 bits per heavy atom. The van der Waals surface area contributed by atoms with Crippen LogP contribution in [0, 0.1) is 11.3 Å². The average molecular weight is 422 g/mol. The lowest BCUT2D eigenvalue weighted by Crippen LogP contribution is -2.31. The highest BCUT2D eigenvalue weighted by Crippen LogP contribution is 2.22. The van der Waals surface area contributed by atoms with Gasteiger partial charge < -0.3 is 15.7 Å². The number of anilines is 1. The Bertz CT molecular complexity index is 1130. The number of rotatable bonds is 8. The summed E-state index contributed by atoms with van der Waals surface area (Å²) in [4.78, 5) is 21.5. The van der Waals surface area contributed by atoms with Gasteiger partial charge in [-0.15, -0.1) is 0 Å². The predicted octanol–water partition coefficient (Wildman–Crippen LogP) is 2.79. The van der Waals surface area contributed by atoms with Gasteiger partial charge in [-0.05, 0) is 39.7 Å². The van der Waals surface area contributed by atoms with Crippen molar-refractivity contribution >= 4 is 22.6 Å². The van der Waals surface area contributed by atoms with Crippen molar-refractivity contribution in [2.45, 2.75) is 52.2 Å². The Balaban J connectivity index is 1.94. The van der Waals surface area contributed by atoms with Crippen molar-refractivity contribution in [2.24, 2.45) is 0 Å². The van der Waals surface area contributed by atoms with Gasteiger partial charge in [0, 0.05) is 36.4 Å². The molecule has 0 bridgehead atoms. The minimum atomic E-state index is -0.854. The highest BCUT2D eigenvalue weighted by atomic mass is 16.3. The van der Waals surface area contributed by atoms with Crippen molar-refractivity contribution in [1.82, 2.24) is 25.1 Å². The molecule has 3 N–H and O–H groups in total. The summed E-state index contributed by atoms with van der Waals surface area (Å²) < 4.78 is 1.58. The van der Waals surface area contributed by atoms with Crippen LogP contribution in [0.1, 0.15) is 56.5 Å². The van der Waals surface area contributed by atoms with E-state index in [0.29, 0.717) is 41.2 Å². The summed E-state index contributed by atoms with van der Waals surface area (Å²) >= 11 is 0. The minimum absolute atomic E-state index is 0.142. The molecule has 1 amide bonds. The van der Waals surface area contributed by atoms with Crippen LogP contribution in [0.2, 0.25) is 0 Å². The molecule has 0 saturated carbocycles. The number of nitrogens with one attached hydrogen (secondary N) is 2. The van der Waals surface area contributed by atoms with E-state index in [9.17, 15) is 9.90 Å². The molecular formula is C22H27N7O2. The van der Waals surface area contributed by atoms with Gasteiger partial charge in [0.25, 0.3) is 5.91 Å².